The Morgan fingerprint density at radius 3 is 2.32 bits per heavy atom. The van der Waals surface area contributed by atoms with Gasteiger partial charge in [-0.25, -0.2) is 8.42 Å². The first-order valence-corrected chi connectivity index (χ1v) is 12.4. The highest BCUT2D eigenvalue weighted by atomic mass is 35.5. The molecule has 1 amide bonds. The molecule has 1 aliphatic rings. The van der Waals surface area contributed by atoms with Gasteiger partial charge in [-0.2, -0.15) is 16.9 Å². The summed E-state index contributed by atoms with van der Waals surface area (Å²) in [6.45, 7) is 4.30. The van der Waals surface area contributed by atoms with Gasteiger partial charge in [0.15, 0.2) is 0 Å². The van der Waals surface area contributed by atoms with Crippen LogP contribution in [0.15, 0.2) is 53.4 Å². The summed E-state index contributed by atoms with van der Waals surface area (Å²) in [6.07, 6.45) is 0. The van der Waals surface area contributed by atoms with Crippen molar-refractivity contribution in [3.8, 4) is 0 Å². The van der Waals surface area contributed by atoms with Crippen LogP contribution in [0.2, 0.25) is 5.02 Å². The molecule has 0 saturated carbocycles. The molecule has 0 radical (unpaired) electrons. The minimum absolute atomic E-state index is 0.181. The van der Waals surface area contributed by atoms with Crippen LogP contribution in [-0.4, -0.2) is 75.2 Å². The number of carbonyl (C=O) groups is 1. The van der Waals surface area contributed by atoms with Crippen molar-refractivity contribution in [2.75, 3.05) is 57.0 Å². The average molecular weight is 484 g/mol. The molecular formula is C21H26ClN3O4S2. The number of carbonyl (C=O) groups excluding carboxylic acids is 1. The molecule has 1 fully saturated rings. The normalized spacial score (nSPS) is 15.2. The van der Waals surface area contributed by atoms with E-state index in [-0.39, 0.29) is 10.8 Å². The molecule has 0 spiro atoms. The van der Waals surface area contributed by atoms with Crippen LogP contribution in [-0.2, 0) is 14.8 Å². The van der Waals surface area contributed by atoms with Gasteiger partial charge in [-0.05, 0) is 48.5 Å². The Morgan fingerprint density at radius 1 is 1.06 bits per heavy atom. The predicted molar refractivity (Wildman–Crippen MR) is 126 cm³/mol. The lowest BCUT2D eigenvalue weighted by Crippen LogP contribution is -2.43. The van der Waals surface area contributed by atoms with Crippen molar-refractivity contribution in [3.05, 3.63) is 59.1 Å². The first-order chi connectivity index (χ1) is 14.9. The Bertz CT molecular complexity index is 963. The Hall–Kier alpha value is -1.62. The monoisotopic (exact) mass is 483 g/mol. The molecule has 0 aromatic heterocycles. The van der Waals surface area contributed by atoms with Crippen LogP contribution < -0.4 is 5.32 Å². The second-order valence-corrected chi connectivity index (χ2v) is 9.89. The van der Waals surface area contributed by atoms with Crippen molar-refractivity contribution in [2.45, 2.75) is 4.90 Å². The third-order valence-corrected chi connectivity index (χ3v) is 7.34. The van der Waals surface area contributed by atoms with Crippen molar-refractivity contribution >= 4 is 45.8 Å². The highest BCUT2D eigenvalue weighted by Crippen LogP contribution is 2.20. The predicted octanol–water partition coefficient (Wildman–Crippen LogP) is 2.85. The highest BCUT2D eigenvalue weighted by molar-refractivity contribution is 7.89. The van der Waals surface area contributed by atoms with Gasteiger partial charge in [0.2, 0.25) is 10.0 Å². The molecule has 10 heteroatoms. The number of nitrogens with one attached hydrogen (secondary N) is 1. The van der Waals surface area contributed by atoms with Gasteiger partial charge in [-0.3, -0.25) is 9.69 Å². The molecule has 0 aliphatic carbocycles. The summed E-state index contributed by atoms with van der Waals surface area (Å²) in [4.78, 5) is 14.7. The number of nitrogens with zero attached hydrogens (tertiary/aromatic N) is 2. The Balaban J connectivity index is 1.66. The standard InChI is InChI=1S/C21H26ClN3O4S2/c22-18-3-1-17(2-4-18)21(26)23-19-5-7-20(8-6-19)31(27,28)25(13-16-30)10-9-24-11-14-29-15-12-24/h1-8,30H,9-16H2,(H,23,26). The molecule has 1 heterocycles. The molecule has 1 aliphatic heterocycles. The van der Waals surface area contributed by atoms with Gasteiger partial charge in [0.05, 0.1) is 18.1 Å². The summed E-state index contributed by atoms with van der Waals surface area (Å²) in [6, 6.07) is 12.7. The van der Waals surface area contributed by atoms with Crippen molar-refractivity contribution in [3.63, 3.8) is 0 Å². The minimum atomic E-state index is -3.67. The molecule has 1 N–H and O–H groups in total. The van der Waals surface area contributed by atoms with Crippen LogP contribution in [0.3, 0.4) is 0 Å². The first kappa shape index (κ1) is 24.0. The quantitative estimate of drug-likeness (QED) is 0.536. The maximum absolute atomic E-state index is 13.1. The molecule has 168 valence electrons. The van der Waals surface area contributed by atoms with Crippen molar-refractivity contribution < 1.29 is 17.9 Å². The van der Waals surface area contributed by atoms with Crippen LogP contribution >= 0.6 is 24.2 Å². The summed E-state index contributed by atoms with van der Waals surface area (Å²) >= 11 is 10.1. The van der Waals surface area contributed by atoms with Crippen LogP contribution in [0.5, 0.6) is 0 Å². The number of benzene rings is 2. The van der Waals surface area contributed by atoms with Gasteiger partial charge >= 0.3 is 0 Å². The van der Waals surface area contributed by atoms with E-state index in [0.29, 0.717) is 54.9 Å². The Morgan fingerprint density at radius 2 is 1.71 bits per heavy atom. The minimum Gasteiger partial charge on any atom is -0.379 e. The van der Waals surface area contributed by atoms with E-state index in [4.69, 9.17) is 16.3 Å². The number of amides is 1. The molecule has 0 atom stereocenters. The third kappa shape index (κ3) is 6.68. The van der Waals surface area contributed by atoms with E-state index in [0.717, 1.165) is 13.1 Å². The fourth-order valence-corrected chi connectivity index (χ4v) is 5.14. The fraction of sp³-hybridized carbons (Fsp3) is 0.381. The van der Waals surface area contributed by atoms with Crippen LogP contribution in [0, 0.1) is 0 Å². The van der Waals surface area contributed by atoms with E-state index in [9.17, 15) is 13.2 Å². The maximum atomic E-state index is 13.1. The number of hydrogen-bond acceptors (Lipinski definition) is 6. The zero-order valence-electron chi connectivity index (χ0n) is 17.0. The Labute approximate surface area is 193 Å². The summed E-state index contributed by atoms with van der Waals surface area (Å²) < 4.78 is 33.1. The second kappa shape index (κ2) is 11.3. The first-order valence-electron chi connectivity index (χ1n) is 9.98. The van der Waals surface area contributed by atoms with Crippen molar-refractivity contribution in [1.29, 1.82) is 0 Å². The molecule has 3 rings (SSSR count). The Kier molecular flexibility index (Phi) is 8.76. The summed E-state index contributed by atoms with van der Waals surface area (Å²) in [5.41, 5.74) is 0.970. The lowest BCUT2D eigenvalue weighted by Gasteiger charge is -2.29. The van der Waals surface area contributed by atoms with E-state index < -0.39 is 10.0 Å². The summed E-state index contributed by atoms with van der Waals surface area (Å²) in [7, 11) is -3.67. The molecule has 2 aromatic carbocycles. The molecular weight excluding hydrogens is 458 g/mol. The van der Waals surface area contributed by atoms with Gasteiger partial charge in [0.25, 0.3) is 5.91 Å². The number of halogens is 1. The lowest BCUT2D eigenvalue weighted by molar-refractivity contribution is 0.0364. The number of hydrogen-bond donors (Lipinski definition) is 2. The van der Waals surface area contributed by atoms with E-state index in [1.54, 1.807) is 36.4 Å². The van der Waals surface area contributed by atoms with E-state index in [1.165, 1.54) is 16.4 Å². The molecule has 7 nitrogen and oxygen atoms in total. The molecule has 0 unspecified atom stereocenters. The number of rotatable bonds is 9. The second-order valence-electron chi connectivity index (χ2n) is 7.07. The third-order valence-electron chi connectivity index (χ3n) is 4.98. The van der Waals surface area contributed by atoms with E-state index >= 15 is 0 Å². The molecule has 1 saturated heterocycles. The number of ether oxygens (including phenoxy) is 1. The number of anilines is 1. The molecule has 31 heavy (non-hydrogen) atoms. The summed E-state index contributed by atoms with van der Waals surface area (Å²) in [5.74, 6) is 0.131. The zero-order valence-corrected chi connectivity index (χ0v) is 19.5. The van der Waals surface area contributed by atoms with Crippen LogP contribution in [0.1, 0.15) is 10.4 Å². The van der Waals surface area contributed by atoms with Crippen molar-refractivity contribution in [2.24, 2.45) is 0 Å². The fourth-order valence-electron chi connectivity index (χ4n) is 3.21. The molecule has 0 bridgehead atoms. The number of sulfonamides is 1. The van der Waals surface area contributed by atoms with Gasteiger partial charge in [-0.15, -0.1) is 0 Å². The topological polar surface area (TPSA) is 79.0 Å². The summed E-state index contributed by atoms with van der Waals surface area (Å²) in [5, 5.41) is 3.30. The number of thiol groups is 1. The van der Waals surface area contributed by atoms with Crippen LogP contribution in [0.4, 0.5) is 5.69 Å². The van der Waals surface area contributed by atoms with Crippen molar-refractivity contribution in [1.82, 2.24) is 9.21 Å². The SMILES string of the molecule is O=C(Nc1ccc(S(=O)(=O)N(CCS)CCN2CCOCC2)cc1)c1ccc(Cl)cc1. The smallest absolute Gasteiger partial charge is 0.255 e. The van der Waals surface area contributed by atoms with Gasteiger partial charge in [0, 0.05) is 54.8 Å². The highest BCUT2D eigenvalue weighted by Gasteiger charge is 2.25. The number of morpholine rings is 1. The van der Waals surface area contributed by atoms with E-state index in [2.05, 4.69) is 22.8 Å². The molecule has 2 aromatic rings. The van der Waals surface area contributed by atoms with Gasteiger partial charge < -0.3 is 10.1 Å². The lowest BCUT2D eigenvalue weighted by atomic mass is 10.2. The van der Waals surface area contributed by atoms with E-state index in [1.807, 2.05) is 0 Å². The van der Waals surface area contributed by atoms with Crippen LogP contribution in [0.25, 0.3) is 0 Å². The maximum Gasteiger partial charge on any atom is 0.255 e. The van der Waals surface area contributed by atoms with Gasteiger partial charge in [-0.1, -0.05) is 11.6 Å². The average Bonchev–Trinajstić information content (AvgIpc) is 2.78. The largest absolute Gasteiger partial charge is 0.379 e. The zero-order chi connectivity index (χ0) is 22.3. The van der Waals surface area contributed by atoms with Gasteiger partial charge in [0.1, 0.15) is 0 Å².